The molecule has 4 atom stereocenters. The molecule has 0 bridgehead atoms. The molecule has 0 spiro atoms. The maximum Gasteiger partial charge on any atom is 0.127 e. The first kappa shape index (κ1) is 98.0. The number of hydrogen-bond acceptors (Lipinski definition) is 13. The maximum absolute atomic E-state index is 12.5. The summed E-state index contributed by atoms with van der Waals surface area (Å²) in [5.41, 5.74) is 65.7. The molecular weight excluding hydrogens is 1240 g/mol. The van der Waals surface area contributed by atoms with Gasteiger partial charge in [0.05, 0.1) is 13.7 Å². The fraction of sp³-hybridized carbons (Fsp3) is 0.532. The molecule has 94 heavy (non-hydrogen) atoms. The molecule has 6 aromatic carbocycles. The predicted octanol–water partition coefficient (Wildman–Crippen LogP) is 17.8. The molecule has 0 aliphatic carbocycles. The van der Waals surface area contributed by atoms with Crippen LogP contribution in [0, 0.1) is 5.82 Å². The summed E-state index contributed by atoms with van der Waals surface area (Å²) < 4.78 is 22.9. The van der Waals surface area contributed by atoms with Gasteiger partial charge in [0.25, 0.3) is 0 Å². The number of halogens is 4. The first-order valence-corrected chi connectivity index (χ1v) is 35.4. The zero-order valence-electron chi connectivity index (χ0n) is 60.4. The van der Waals surface area contributed by atoms with Crippen LogP contribution >= 0.6 is 34.8 Å². The van der Waals surface area contributed by atoms with E-state index in [1.807, 2.05) is 123 Å². The van der Waals surface area contributed by atoms with Crippen LogP contribution in [0.1, 0.15) is 219 Å². The number of benzene rings is 6. The fourth-order valence-corrected chi connectivity index (χ4v) is 8.19. The molecular formula is C77H135Cl3FN11O2. The van der Waals surface area contributed by atoms with Crippen LogP contribution in [-0.4, -0.2) is 43.9 Å². The monoisotopic (exact) mass is 1370 g/mol. The van der Waals surface area contributed by atoms with E-state index < -0.39 is 0 Å². The first-order valence-electron chi connectivity index (χ1n) is 34.3. The van der Waals surface area contributed by atoms with Crippen molar-refractivity contribution in [1.29, 1.82) is 0 Å². The van der Waals surface area contributed by atoms with E-state index in [0.717, 1.165) is 64.5 Å². The zero-order valence-corrected chi connectivity index (χ0v) is 62.7. The van der Waals surface area contributed by atoms with E-state index in [-0.39, 0.29) is 12.4 Å². The molecule has 13 nitrogen and oxygen atoms in total. The molecule has 0 saturated heterocycles. The largest absolute Gasteiger partial charge is 0.496 e. The summed E-state index contributed by atoms with van der Waals surface area (Å²) in [5, 5.41) is 2.03. The quantitative estimate of drug-likeness (QED) is 0.0225. The van der Waals surface area contributed by atoms with Gasteiger partial charge in [-0.15, -0.1) is 0 Å². The molecule has 0 radical (unpaired) electrons. The lowest BCUT2D eigenvalue weighted by molar-refractivity contribution is 0.336. The van der Waals surface area contributed by atoms with Gasteiger partial charge < -0.3 is 72.5 Å². The van der Waals surface area contributed by atoms with Crippen molar-refractivity contribution in [2.75, 3.05) is 13.7 Å². The van der Waals surface area contributed by atoms with Gasteiger partial charge in [-0.05, 0) is 126 Å². The van der Waals surface area contributed by atoms with Crippen LogP contribution < -0.4 is 72.5 Å². The predicted molar refractivity (Wildman–Crippen MR) is 414 cm³/mol. The second kappa shape index (κ2) is 72.5. The van der Waals surface area contributed by atoms with Crippen molar-refractivity contribution in [3.05, 3.63) is 200 Å². The topological polar surface area (TPSA) is 305 Å². The number of rotatable bonds is 26. The molecule has 17 heteroatoms. The Kier molecular flexibility index (Phi) is 75.6. The standard InChI is InChI=1S/C9H13NO.C8H11NO.C8H19N.C7H7Cl2N.C7H8ClN.C7H8FN.C7H9N.2C7H17N.2C5H13N/c1-2-11-9-6-4-3-5-8(9)7-10;1-10-8-5-3-2-4-7(8)6-9;1-3-4-5-6-7-8(2)9;8-6-2-1-5(4-10)7(9)3-6;2*8-7-4-2-1-3-6(7)5-9;8-6-7-4-2-1-3-5-7;1-3-4-5-6-7(2)8;1-3-5-6-7(8)4-2;1-3-4-5(2)6;1-3-5(6)4-2/h3-6H,2,7,10H2,1H3;2-5H,6,9H2,1H3;8H,3-7,9H2,1-2H3;1-3H,4,10H2;2*1-4H,5,9H2;1-5H,6,8H2;2*7H,3-6,8H2,1-2H3;2*5H,3-4,6H2,1-2H3. The minimum Gasteiger partial charge on any atom is -0.496 e. The molecule has 538 valence electrons. The summed E-state index contributed by atoms with van der Waals surface area (Å²) in [4.78, 5) is 0. The van der Waals surface area contributed by atoms with Crippen LogP contribution in [-0.2, 0) is 39.3 Å². The third kappa shape index (κ3) is 63.3. The molecule has 0 aromatic heterocycles. The van der Waals surface area contributed by atoms with E-state index in [1.54, 1.807) is 37.4 Å². The number of methoxy groups -OCH3 is 1. The Morgan fingerprint density at radius 2 is 0.777 bits per heavy atom. The molecule has 0 amide bonds. The summed E-state index contributed by atoms with van der Waals surface area (Å²) in [7, 11) is 1.65. The first-order chi connectivity index (χ1) is 45.0. The third-order valence-corrected chi connectivity index (χ3v) is 14.6. The van der Waals surface area contributed by atoms with E-state index in [0.29, 0.717) is 85.1 Å². The number of nitrogens with two attached hydrogens (primary N) is 11. The average Bonchev–Trinajstić information content (AvgIpc) is 1.78. The Morgan fingerprint density at radius 3 is 1.12 bits per heavy atom. The Hall–Kier alpha value is -4.72. The van der Waals surface area contributed by atoms with Crippen molar-refractivity contribution < 1.29 is 13.9 Å². The molecule has 0 aliphatic rings. The van der Waals surface area contributed by atoms with Gasteiger partial charge in [-0.1, -0.05) is 257 Å². The summed E-state index contributed by atoms with van der Waals surface area (Å²) in [6.07, 6.45) is 21.1. The highest BCUT2D eigenvalue weighted by atomic mass is 35.5. The van der Waals surface area contributed by atoms with Crippen LogP contribution in [0.5, 0.6) is 11.5 Å². The van der Waals surface area contributed by atoms with E-state index in [4.69, 9.17) is 107 Å². The van der Waals surface area contributed by atoms with E-state index in [1.165, 1.54) is 95.1 Å². The fourth-order valence-electron chi connectivity index (χ4n) is 7.49. The minimum absolute atomic E-state index is 0.222. The SMILES string of the molecule is CCC(N)CC.CCCC(C)N.CCCCC(N)CC.CCCCCC(C)N.CCCCCCC(C)N.CCOc1ccccc1CN.COc1ccccc1CN.NCc1ccc(Cl)cc1Cl.NCc1ccccc1.NCc1ccccc1Cl.NCc1ccccc1F. The van der Waals surface area contributed by atoms with Crippen LogP contribution in [0.3, 0.4) is 0 Å². The van der Waals surface area contributed by atoms with Crippen molar-refractivity contribution in [1.82, 2.24) is 0 Å². The van der Waals surface area contributed by atoms with Crippen LogP contribution in [0.2, 0.25) is 15.1 Å². The van der Waals surface area contributed by atoms with Crippen molar-refractivity contribution >= 4 is 34.8 Å². The lowest BCUT2D eigenvalue weighted by Crippen LogP contribution is -2.17. The Labute approximate surface area is 588 Å². The van der Waals surface area contributed by atoms with Crippen molar-refractivity contribution in [3.63, 3.8) is 0 Å². The van der Waals surface area contributed by atoms with Crippen molar-refractivity contribution in [2.45, 2.75) is 255 Å². The Bertz CT molecular complexity index is 2450. The second-order valence-corrected chi connectivity index (χ2v) is 23.7. The van der Waals surface area contributed by atoms with Gasteiger partial charge in [0.1, 0.15) is 17.3 Å². The van der Waals surface area contributed by atoms with Crippen molar-refractivity contribution in [2.24, 2.45) is 63.1 Å². The number of para-hydroxylation sites is 2. The van der Waals surface area contributed by atoms with Gasteiger partial charge in [-0.3, -0.25) is 0 Å². The zero-order chi connectivity index (χ0) is 72.2. The van der Waals surface area contributed by atoms with Gasteiger partial charge in [0, 0.05) is 101 Å². The third-order valence-electron chi connectivity index (χ3n) is 13.6. The van der Waals surface area contributed by atoms with Gasteiger partial charge in [-0.25, -0.2) is 4.39 Å². The van der Waals surface area contributed by atoms with E-state index in [9.17, 15) is 4.39 Å². The Morgan fingerprint density at radius 1 is 0.372 bits per heavy atom. The van der Waals surface area contributed by atoms with Crippen molar-refractivity contribution in [3.8, 4) is 11.5 Å². The molecule has 6 rings (SSSR count). The normalized spacial score (nSPS) is 11.0. The van der Waals surface area contributed by atoms with Gasteiger partial charge >= 0.3 is 0 Å². The van der Waals surface area contributed by atoms with Crippen LogP contribution in [0.4, 0.5) is 4.39 Å². The summed E-state index contributed by atoms with van der Waals surface area (Å²) in [6, 6.07) is 47.0. The van der Waals surface area contributed by atoms with Gasteiger partial charge in [-0.2, -0.15) is 0 Å². The lowest BCUT2D eigenvalue weighted by atomic mass is 10.1. The smallest absolute Gasteiger partial charge is 0.127 e. The molecule has 0 fully saturated rings. The summed E-state index contributed by atoms with van der Waals surface area (Å²) in [6.45, 7) is 26.9. The highest BCUT2D eigenvalue weighted by molar-refractivity contribution is 6.35. The van der Waals surface area contributed by atoms with Crippen LogP contribution in [0.15, 0.2) is 146 Å². The average molecular weight is 1370 g/mol. The molecule has 6 aromatic rings. The van der Waals surface area contributed by atoms with Gasteiger partial charge in [0.15, 0.2) is 0 Å². The lowest BCUT2D eigenvalue weighted by Gasteiger charge is -2.06. The molecule has 0 saturated carbocycles. The molecule has 0 aliphatic heterocycles. The number of unbranched alkanes of at least 4 members (excludes halogenated alkanes) is 6. The van der Waals surface area contributed by atoms with Crippen LogP contribution in [0.25, 0.3) is 0 Å². The molecule has 22 N–H and O–H groups in total. The highest BCUT2D eigenvalue weighted by Crippen LogP contribution is 2.21. The number of ether oxygens (including phenoxy) is 2. The second-order valence-electron chi connectivity index (χ2n) is 22.4. The molecule has 4 unspecified atom stereocenters. The van der Waals surface area contributed by atoms with Gasteiger partial charge in [0.2, 0.25) is 0 Å². The minimum atomic E-state index is -0.222. The Balaban J connectivity index is -0.000000310. The van der Waals surface area contributed by atoms with E-state index >= 15 is 0 Å². The van der Waals surface area contributed by atoms with E-state index in [2.05, 4.69) is 62.3 Å². The summed E-state index contributed by atoms with van der Waals surface area (Å²) >= 11 is 17.2. The number of hydrogen-bond donors (Lipinski definition) is 11. The molecule has 0 heterocycles. The summed E-state index contributed by atoms with van der Waals surface area (Å²) in [5.74, 6) is 1.54. The highest BCUT2D eigenvalue weighted by Gasteiger charge is 2.01. The maximum atomic E-state index is 12.5.